The second-order valence-corrected chi connectivity index (χ2v) is 6.14. The summed E-state index contributed by atoms with van der Waals surface area (Å²) in [5.41, 5.74) is 0.795. The quantitative estimate of drug-likeness (QED) is 0.855. The van der Waals surface area contributed by atoms with Crippen LogP contribution < -0.4 is 5.32 Å². The molecule has 1 N–H and O–H groups in total. The Morgan fingerprint density at radius 3 is 2.55 bits per heavy atom. The molecule has 1 aromatic rings. The number of benzene rings is 1. The first-order chi connectivity index (χ1) is 9.81. The second kappa shape index (κ2) is 6.29. The van der Waals surface area contributed by atoms with E-state index < -0.39 is 0 Å². The number of rotatable bonds is 2. The first-order valence-corrected chi connectivity index (χ1v) is 7.84. The highest BCUT2D eigenvalue weighted by Gasteiger charge is 2.33. The van der Waals surface area contributed by atoms with Gasteiger partial charge in [-0.1, -0.05) is 43.9 Å². The molecule has 20 heavy (non-hydrogen) atoms. The zero-order chi connectivity index (χ0) is 13.8. The first kappa shape index (κ1) is 13.5. The molecule has 1 aromatic carbocycles. The van der Waals surface area contributed by atoms with Crippen LogP contribution >= 0.6 is 0 Å². The fraction of sp³-hybridized carbons (Fsp3) is 0.588. The third-order valence-electron chi connectivity index (χ3n) is 4.79. The standard InChI is InChI=1S/C17H23NO2/c19-17(18-15-8-2-1-3-9-15)20-16-11-10-13-6-4-5-7-14(13)12-16/h1-3,8-9,13-14,16H,4-7,10-12H2,(H,18,19)/t13-,14+,16-/m1/s1. The predicted molar refractivity (Wildman–Crippen MR) is 79.6 cm³/mol. The van der Waals surface area contributed by atoms with Gasteiger partial charge in [-0.3, -0.25) is 5.32 Å². The van der Waals surface area contributed by atoms with Gasteiger partial charge >= 0.3 is 6.09 Å². The lowest BCUT2D eigenvalue weighted by Gasteiger charge is -2.38. The minimum Gasteiger partial charge on any atom is -0.446 e. The van der Waals surface area contributed by atoms with Gasteiger partial charge in [0.1, 0.15) is 6.10 Å². The molecule has 0 heterocycles. The number of carbonyl (C=O) groups excluding carboxylic acids is 1. The monoisotopic (exact) mass is 273 g/mol. The van der Waals surface area contributed by atoms with E-state index in [1.807, 2.05) is 30.3 Å². The Morgan fingerprint density at radius 2 is 1.75 bits per heavy atom. The van der Waals surface area contributed by atoms with Crippen LogP contribution in [0.1, 0.15) is 44.9 Å². The normalized spacial score (nSPS) is 29.3. The summed E-state index contributed by atoms with van der Waals surface area (Å²) in [4.78, 5) is 11.9. The van der Waals surface area contributed by atoms with Crippen molar-refractivity contribution in [1.29, 1.82) is 0 Å². The molecule has 3 nitrogen and oxygen atoms in total. The maximum absolute atomic E-state index is 11.9. The zero-order valence-corrected chi connectivity index (χ0v) is 11.9. The number of fused-ring (bicyclic) bond motifs is 1. The van der Waals surface area contributed by atoms with Crippen LogP contribution in [0.25, 0.3) is 0 Å². The summed E-state index contributed by atoms with van der Waals surface area (Å²) >= 11 is 0. The minimum absolute atomic E-state index is 0.109. The van der Waals surface area contributed by atoms with Crippen LogP contribution in [0.15, 0.2) is 30.3 Å². The number of carbonyl (C=O) groups is 1. The van der Waals surface area contributed by atoms with Crippen LogP contribution in [-0.2, 0) is 4.74 Å². The van der Waals surface area contributed by atoms with Crippen molar-refractivity contribution in [2.75, 3.05) is 5.32 Å². The summed E-state index contributed by atoms with van der Waals surface area (Å²) in [5.74, 6) is 1.67. The van der Waals surface area contributed by atoms with E-state index in [9.17, 15) is 4.79 Å². The lowest BCUT2D eigenvalue weighted by Crippen LogP contribution is -2.33. The van der Waals surface area contributed by atoms with Gasteiger partial charge in [0.25, 0.3) is 0 Å². The van der Waals surface area contributed by atoms with Crippen molar-refractivity contribution in [3.63, 3.8) is 0 Å². The van der Waals surface area contributed by atoms with Crippen molar-refractivity contribution in [1.82, 2.24) is 0 Å². The van der Waals surface area contributed by atoms with E-state index in [1.165, 1.54) is 32.1 Å². The number of hydrogen-bond donors (Lipinski definition) is 1. The van der Waals surface area contributed by atoms with Gasteiger partial charge in [-0.25, -0.2) is 4.79 Å². The van der Waals surface area contributed by atoms with Crippen LogP contribution in [0.5, 0.6) is 0 Å². The van der Waals surface area contributed by atoms with E-state index in [0.29, 0.717) is 0 Å². The molecule has 1 amide bonds. The average molecular weight is 273 g/mol. The molecule has 0 unspecified atom stereocenters. The van der Waals surface area contributed by atoms with Gasteiger partial charge in [0.2, 0.25) is 0 Å². The fourth-order valence-electron chi connectivity index (χ4n) is 3.76. The molecule has 3 heteroatoms. The number of para-hydroxylation sites is 1. The summed E-state index contributed by atoms with van der Waals surface area (Å²) in [6.45, 7) is 0. The lowest BCUT2D eigenvalue weighted by atomic mass is 9.70. The minimum atomic E-state index is -0.310. The van der Waals surface area contributed by atoms with E-state index in [0.717, 1.165) is 30.4 Å². The summed E-state index contributed by atoms with van der Waals surface area (Å²) < 4.78 is 5.59. The van der Waals surface area contributed by atoms with Crippen LogP contribution in [0.4, 0.5) is 10.5 Å². The van der Waals surface area contributed by atoms with Gasteiger partial charge in [-0.05, 0) is 43.2 Å². The van der Waals surface area contributed by atoms with Crippen molar-refractivity contribution in [2.45, 2.75) is 51.0 Å². The SMILES string of the molecule is O=C(Nc1ccccc1)O[C@@H]1CC[C@H]2CCCC[C@H]2C1. The van der Waals surface area contributed by atoms with Crippen molar-refractivity contribution in [2.24, 2.45) is 11.8 Å². The van der Waals surface area contributed by atoms with Gasteiger partial charge in [0.15, 0.2) is 0 Å². The van der Waals surface area contributed by atoms with Crippen molar-refractivity contribution in [3.05, 3.63) is 30.3 Å². The molecule has 2 aliphatic carbocycles. The molecule has 0 aromatic heterocycles. The van der Waals surface area contributed by atoms with E-state index in [1.54, 1.807) is 0 Å². The van der Waals surface area contributed by atoms with E-state index >= 15 is 0 Å². The number of anilines is 1. The summed E-state index contributed by atoms with van der Waals surface area (Å²) in [6, 6.07) is 9.49. The summed E-state index contributed by atoms with van der Waals surface area (Å²) in [7, 11) is 0. The van der Waals surface area contributed by atoms with Crippen LogP contribution in [0.3, 0.4) is 0 Å². The fourth-order valence-corrected chi connectivity index (χ4v) is 3.76. The van der Waals surface area contributed by atoms with Gasteiger partial charge in [-0.15, -0.1) is 0 Å². The molecule has 2 saturated carbocycles. The topological polar surface area (TPSA) is 38.3 Å². The van der Waals surface area contributed by atoms with Gasteiger partial charge < -0.3 is 4.74 Å². The van der Waals surface area contributed by atoms with Gasteiger partial charge in [0.05, 0.1) is 0 Å². The Labute approximate surface area is 120 Å². The second-order valence-electron chi connectivity index (χ2n) is 6.14. The first-order valence-electron chi connectivity index (χ1n) is 7.84. The van der Waals surface area contributed by atoms with Crippen LogP contribution in [-0.4, -0.2) is 12.2 Å². The summed E-state index contributed by atoms with van der Waals surface area (Å²) in [6.07, 6.45) is 8.57. The van der Waals surface area contributed by atoms with Crippen molar-refractivity contribution in [3.8, 4) is 0 Å². The van der Waals surface area contributed by atoms with E-state index in [2.05, 4.69) is 5.32 Å². The number of hydrogen-bond acceptors (Lipinski definition) is 2. The molecule has 108 valence electrons. The highest BCUT2D eigenvalue weighted by Crippen LogP contribution is 2.41. The zero-order valence-electron chi connectivity index (χ0n) is 11.9. The molecule has 2 aliphatic rings. The molecular formula is C17H23NO2. The average Bonchev–Trinajstić information content (AvgIpc) is 2.48. The largest absolute Gasteiger partial charge is 0.446 e. The highest BCUT2D eigenvalue weighted by atomic mass is 16.6. The molecule has 3 atom stereocenters. The molecule has 0 saturated heterocycles. The van der Waals surface area contributed by atoms with E-state index in [4.69, 9.17) is 4.74 Å². The number of amides is 1. The Morgan fingerprint density at radius 1 is 1.00 bits per heavy atom. The molecular weight excluding hydrogens is 250 g/mol. The maximum Gasteiger partial charge on any atom is 0.411 e. The predicted octanol–water partition coefficient (Wildman–Crippen LogP) is 4.59. The molecule has 0 radical (unpaired) electrons. The molecule has 0 spiro atoms. The lowest BCUT2D eigenvalue weighted by molar-refractivity contribution is 0.0339. The Kier molecular flexibility index (Phi) is 4.24. The molecule has 0 bridgehead atoms. The van der Waals surface area contributed by atoms with Gasteiger partial charge in [-0.2, -0.15) is 0 Å². The van der Waals surface area contributed by atoms with Crippen molar-refractivity contribution >= 4 is 11.8 Å². The van der Waals surface area contributed by atoms with E-state index in [-0.39, 0.29) is 12.2 Å². The number of nitrogens with one attached hydrogen (secondary N) is 1. The Bertz CT molecular complexity index is 446. The third-order valence-corrected chi connectivity index (χ3v) is 4.79. The Hall–Kier alpha value is -1.51. The summed E-state index contributed by atoms with van der Waals surface area (Å²) in [5, 5.41) is 2.80. The smallest absolute Gasteiger partial charge is 0.411 e. The molecule has 3 rings (SSSR count). The third kappa shape index (κ3) is 3.33. The van der Waals surface area contributed by atoms with Crippen molar-refractivity contribution < 1.29 is 9.53 Å². The number of ether oxygens (including phenoxy) is 1. The maximum atomic E-state index is 11.9. The highest BCUT2D eigenvalue weighted by molar-refractivity contribution is 5.84. The van der Waals surface area contributed by atoms with Crippen LogP contribution in [0.2, 0.25) is 0 Å². The molecule has 0 aliphatic heterocycles. The molecule has 2 fully saturated rings. The Balaban J connectivity index is 1.49. The van der Waals surface area contributed by atoms with Gasteiger partial charge in [0, 0.05) is 5.69 Å². The van der Waals surface area contributed by atoms with Crippen LogP contribution in [0, 0.1) is 11.8 Å².